The Kier molecular flexibility index (Phi) is 5.93. The van der Waals surface area contributed by atoms with Crippen LogP contribution in [-0.2, 0) is 21.7 Å². The molecule has 204 valence electrons. The summed E-state index contributed by atoms with van der Waals surface area (Å²) in [5.74, 6) is 2.29. The number of aromatic nitrogens is 4. The predicted molar refractivity (Wildman–Crippen MR) is 163 cm³/mol. The molecule has 0 atom stereocenters. The Labute approximate surface area is 234 Å². The van der Waals surface area contributed by atoms with Crippen molar-refractivity contribution in [3.8, 4) is 22.6 Å². The van der Waals surface area contributed by atoms with Crippen LogP contribution in [0.1, 0.15) is 106 Å². The fraction of sp³-hybridized carbons (Fsp3) is 0.486. The van der Waals surface area contributed by atoms with Gasteiger partial charge < -0.3 is 0 Å². The molecular weight excluding hydrogens is 476 g/mol. The van der Waals surface area contributed by atoms with Gasteiger partial charge in [-0.25, -0.2) is 15.0 Å². The highest BCUT2D eigenvalue weighted by molar-refractivity contribution is 6.02. The van der Waals surface area contributed by atoms with Gasteiger partial charge in [0.05, 0.1) is 5.69 Å². The summed E-state index contributed by atoms with van der Waals surface area (Å²) in [5.41, 5.74) is 5.80. The normalized spacial score (nSPS) is 17.8. The molecule has 0 bridgehead atoms. The van der Waals surface area contributed by atoms with E-state index in [0.29, 0.717) is 5.82 Å². The summed E-state index contributed by atoms with van der Waals surface area (Å²) < 4.78 is 0. The predicted octanol–water partition coefficient (Wildman–Crippen LogP) is 8.94. The maximum Gasteiger partial charge on any atom is 0.165 e. The van der Waals surface area contributed by atoms with Crippen LogP contribution in [0.2, 0.25) is 0 Å². The van der Waals surface area contributed by atoms with Crippen molar-refractivity contribution in [2.45, 2.75) is 105 Å². The average molecular weight is 521 g/mol. The number of rotatable bonds is 2. The van der Waals surface area contributed by atoms with Crippen LogP contribution in [0, 0.1) is 5.41 Å². The fourth-order valence-electron chi connectivity index (χ4n) is 5.98. The molecular formula is C35H44N4. The second-order valence-corrected chi connectivity index (χ2v) is 15.0. The van der Waals surface area contributed by atoms with Crippen LogP contribution < -0.4 is 0 Å². The summed E-state index contributed by atoms with van der Waals surface area (Å²) in [6.07, 6.45) is 1.96. The molecule has 5 rings (SSSR count). The number of hydrogen-bond donors (Lipinski definition) is 0. The van der Waals surface area contributed by atoms with Crippen molar-refractivity contribution in [1.29, 1.82) is 0 Å². The van der Waals surface area contributed by atoms with Gasteiger partial charge in [-0.3, -0.25) is 4.98 Å². The van der Waals surface area contributed by atoms with Crippen LogP contribution >= 0.6 is 0 Å². The van der Waals surface area contributed by atoms with E-state index in [1.165, 1.54) is 11.1 Å². The molecule has 0 fully saturated rings. The van der Waals surface area contributed by atoms with Crippen LogP contribution in [0.4, 0.5) is 0 Å². The third-order valence-corrected chi connectivity index (χ3v) is 9.78. The van der Waals surface area contributed by atoms with Gasteiger partial charge in [0.15, 0.2) is 5.82 Å². The van der Waals surface area contributed by atoms with Crippen LogP contribution in [-0.4, -0.2) is 19.9 Å². The van der Waals surface area contributed by atoms with E-state index in [1.54, 1.807) is 0 Å². The Morgan fingerprint density at radius 2 is 1.15 bits per heavy atom. The molecule has 4 aromatic rings. The lowest BCUT2D eigenvalue weighted by molar-refractivity contribution is 0.125. The Hall–Kier alpha value is -3.14. The quantitative estimate of drug-likeness (QED) is 0.265. The lowest BCUT2D eigenvalue weighted by atomic mass is 9.59. The molecule has 0 amide bonds. The number of benzene rings is 2. The first-order valence-corrected chi connectivity index (χ1v) is 14.2. The molecule has 2 aromatic carbocycles. The van der Waals surface area contributed by atoms with E-state index in [-0.39, 0.29) is 27.1 Å². The van der Waals surface area contributed by atoms with Crippen LogP contribution in [0.15, 0.2) is 48.7 Å². The van der Waals surface area contributed by atoms with Gasteiger partial charge in [0.1, 0.15) is 11.6 Å². The molecule has 2 heterocycles. The topological polar surface area (TPSA) is 51.6 Å². The molecule has 0 N–H and O–H groups in total. The van der Waals surface area contributed by atoms with Gasteiger partial charge in [0, 0.05) is 33.5 Å². The number of pyridine rings is 1. The van der Waals surface area contributed by atoms with Crippen molar-refractivity contribution in [3.63, 3.8) is 0 Å². The maximum atomic E-state index is 5.08. The van der Waals surface area contributed by atoms with E-state index in [1.807, 2.05) is 6.20 Å². The van der Waals surface area contributed by atoms with E-state index >= 15 is 0 Å². The number of fused-ring (bicyclic) bond motifs is 2. The van der Waals surface area contributed by atoms with Crippen molar-refractivity contribution < 1.29 is 0 Å². The summed E-state index contributed by atoms with van der Waals surface area (Å²) in [5, 5.41) is 2.22. The Bertz CT molecular complexity index is 1560. The standard InChI is InChI=1S/C35H44N4/c1-31(2,3)29-37-28(38-30(39-29)32(4,5)6)24-20-36-27(23-16-14-13-15-22(23)24)21-17-18-25-26(19-21)34(9,10)35(11,12)33(25,7)8/h13-20H,1-12H3. The third kappa shape index (κ3) is 4.10. The summed E-state index contributed by atoms with van der Waals surface area (Å²) in [4.78, 5) is 19.9. The summed E-state index contributed by atoms with van der Waals surface area (Å²) >= 11 is 0. The van der Waals surface area contributed by atoms with Crippen LogP contribution in [0.25, 0.3) is 33.4 Å². The summed E-state index contributed by atoms with van der Waals surface area (Å²) in [6.45, 7) is 27.2. The zero-order chi connectivity index (χ0) is 28.8. The second-order valence-electron chi connectivity index (χ2n) is 15.0. The van der Waals surface area contributed by atoms with E-state index in [9.17, 15) is 0 Å². The Morgan fingerprint density at radius 3 is 1.72 bits per heavy atom. The summed E-state index contributed by atoms with van der Waals surface area (Å²) in [6, 6.07) is 15.5. The highest BCUT2D eigenvalue weighted by Crippen LogP contribution is 2.61. The minimum Gasteiger partial charge on any atom is -0.255 e. The molecule has 4 heteroatoms. The highest BCUT2D eigenvalue weighted by Gasteiger charge is 2.56. The summed E-state index contributed by atoms with van der Waals surface area (Å²) in [7, 11) is 0. The van der Waals surface area contributed by atoms with Gasteiger partial charge in [-0.1, -0.05) is 119 Å². The molecule has 4 nitrogen and oxygen atoms in total. The fourth-order valence-corrected chi connectivity index (χ4v) is 5.98. The molecule has 1 aliphatic carbocycles. The van der Waals surface area contributed by atoms with Gasteiger partial charge in [-0.15, -0.1) is 0 Å². The van der Waals surface area contributed by atoms with E-state index in [0.717, 1.165) is 39.2 Å². The first-order chi connectivity index (χ1) is 17.9. The zero-order valence-electron chi connectivity index (χ0n) is 25.9. The lowest BCUT2D eigenvalue weighted by Gasteiger charge is -2.44. The van der Waals surface area contributed by atoms with Crippen LogP contribution in [0.5, 0.6) is 0 Å². The molecule has 0 radical (unpaired) electrons. The van der Waals surface area contributed by atoms with Crippen molar-refractivity contribution in [2.24, 2.45) is 5.41 Å². The van der Waals surface area contributed by atoms with Gasteiger partial charge in [0.25, 0.3) is 0 Å². The van der Waals surface area contributed by atoms with Crippen molar-refractivity contribution >= 4 is 10.8 Å². The third-order valence-electron chi connectivity index (χ3n) is 9.78. The molecule has 0 spiro atoms. The van der Waals surface area contributed by atoms with Crippen molar-refractivity contribution in [1.82, 2.24) is 19.9 Å². The maximum absolute atomic E-state index is 5.08. The van der Waals surface area contributed by atoms with E-state index < -0.39 is 0 Å². The smallest absolute Gasteiger partial charge is 0.165 e. The van der Waals surface area contributed by atoms with Gasteiger partial charge in [-0.2, -0.15) is 0 Å². The van der Waals surface area contributed by atoms with Gasteiger partial charge in [-0.05, 0) is 38.8 Å². The average Bonchev–Trinajstić information content (AvgIpc) is 2.96. The van der Waals surface area contributed by atoms with E-state index in [2.05, 4.69) is 126 Å². The number of hydrogen-bond acceptors (Lipinski definition) is 4. The Balaban J connectivity index is 1.73. The molecule has 0 aliphatic heterocycles. The van der Waals surface area contributed by atoms with Crippen molar-refractivity contribution in [2.75, 3.05) is 0 Å². The minimum absolute atomic E-state index is 0.0369. The highest BCUT2D eigenvalue weighted by atomic mass is 15.1. The van der Waals surface area contributed by atoms with Gasteiger partial charge >= 0.3 is 0 Å². The number of nitrogens with zero attached hydrogens (tertiary/aromatic N) is 4. The molecule has 39 heavy (non-hydrogen) atoms. The first kappa shape index (κ1) is 27.4. The Morgan fingerprint density at radius 1 is 0.615 bits per heavy atom. The van der Waals surface area contributed by atoms with Crippen molar-refractivity contribution in [3.05, 3.63) is 71.4 Å². The SMILES string of the molecule is CC(C)(C)c1nc(-c2cnc(-c3ccc4c(c3)C(C)(C)C(C)(C)C4(C)C)c3ccccc23)nc(C(C)(C)C)n1. The van der Waals surface area contributed by atoms with E-state index in [4.69, 9.17) is 19.9 Å². The molecule has 0 unspecified atom stereocenters. The zero-order valence-corrected chi connectivity index (χ0v) is 25.9. The largest absolute Gasteiger partial charge is 0.255 e. The molecule has 0 saturated carbocycles. The van der Waals surface area contributed by atoms with Crippen LogP contribution in [0.3, 0.4) is 0 Å². The first-order valence-electron chi connectivity index (χ1n) is 14.2. The minimum atomic E-state index is -0.195. The molecule has 1 aliphatic rings. The lowest BCUT2D eigenvalue weighted by Crippen LogP contribution is -2.42. The molecule has 2 aromatic heterocycles. The second kappa shape index (κ2) is 8.43. The monoisotopic (exact) mass is 520 g/mol. The van der Waals surface area contributed by atoms with Gasteiger partial charge in [0.2, 0.25) is 0 Å². The molecule has 0 saturated heterocycles.